The largest absolute Gasteiger partial charge is 0.280 e. The highest BCUT2D eigenvalue weighted by Gasteiger charge is 2.09. The number of carbonyl (C=O) groups is 1. The molecule has 0 saturated heterocycles. The van der Waals surface area contributed by atoms with Crippen molar-refractivity contribution in [2.24, 2.45) is 0 Å². The Bertz CT molecular complexity index is 125. The predicted octanol–water partition coefficient (Wildman–Crippen LogP) is 2.87. The topological polar surface area (TPSA) is 17.1 Å². The number of carbonyl (C=O) groups excluding carboxylic acids is 1. The van der Waals surface area contributed by atoms with E-state index < -0.39 is 0 Å². The first-order valence-corrected chi connectivity index (χ1v) is 4.42. The van der Waals surface area contributed by atoms with Crippen molar-refractivity contribution in [3.63, 3.8) is 0 Å². The molecule has 1 atom stereocenters. The lowest BCUT2D eigenvalue weighted by molar-refractivity contribution is -0.111. The third-order valence-corrected chi connectivity index (χ3v) is 2.51. The van der Waals surface area contributed by atoms with Crippen LogP contribution in [0.25, 0.3) is 0 Å². The van der Waals surface area contributed by atoms with E-state index in [1.807, 2.05) is 6.08 Å². The third kappa shape index (κ3) is 5.00. The fourth-order valence-corrected chi connectivity index (χ4v) is 0.988. The molecule has 3 heteroatoms. The van der Waals surface area contributed by atoms with Gasteiger partial charge in [-0.25, -0.2) is 0 Å². The maximum atomic E-state index is 10.4. The molecular weight excluding hydrogens is 215 g/mol. The standard InChI is InChI=1S/C7H10BrClO/c1-2-3-4-5-6(8)7(9)10/h2,6H,1,3-5H2. The molecule has 0 radical (unpaired) electrons. The van der Waals surface area contributed by atoms with E-state index in [0.29, 0.717) is 0 Å². The van der Waals surface area contributed by atoms with E-state index in [0.717, 1.165) is 19.3 Å². The Balaban J connectivity index is 3.30. The van der Waals surface area contributed by atoms with Gasteiger partial charge in [0.1, 0.15) is 0 Å². The van der Waals surface area contributed by atoms with Gasteiger partial charge in [-0.15, -0.1) is 6.58 Å². The van der Waals surface area contributed by atoms with Crippen LogP contribution in [0, 0.1) is 0 Å². The summed E-state index contributed by atoms with van der Waals surface area (Å²) in [5, 5.41) is -0.316. The van der Waals surface area contributed by atoms with E-state index in [1.165, 1.54) is 0 Å². The van der Waals surface area contributed by atoms with E-state index in [-0.39, 0.29) is 10.1 Å². The van der Waals surface area contributed by atoms with Crippen LogP contribution in [0.3, 0.4) is 0 Å². The molecule has 0 aliphatic rings. The van der Waals surface area contributed by atoms with Crippen molar-refractivity contribution in [3.05, 3.63) is 12.7 Å². The Kier molecular flexibility index (Phi) is 6.03. The summed E-state index contributed by atoms with van der Waals surface area (Å²) in [6.07, 6.45) is 4.51. The molecule has 0 heterocycles. The van der Waals surface area contributed by atoms with Crippen molar-refractivity contribution < 1.29 is 4.79 Å². The van der Waals surface area contributed by atoms with Crippen LogP contribution in [0.15, 0.2) is 12.7 Å². The van der Waals surface area contributed by atoms with E-state index in [9.17, 15) is 4.79 Å². The van der Waals surface area contributed by atoms with E-state index in [4.69, 9.17) is 11.6 Å². The lowest BCUT2D eigenvalue weighted by atomic mass is 10.2. The highest BCUT2D eigenvalue weighted by molar-refractivity contribution is 9.10. The van der Waals surface area contributed by atoms with Gasteiger partial charge in [-0.05, 0) is 30.9 Å². The minimum Gasteiger partial charge on any atom is -0.280 e. The van der Waals surface area contributed by atoms with Gasteiger partial charge in [0, 0.05) is 0 Å². The first-order valence-electron chi connectivity index (χ1n) is 3.12. The predicted molar refractivity (Wildman–Crippen MR) is 47.6 cm³/mol. The van der Waals surface area contributed by atoms with Gasteiger partial charge in [-0.2, -0.15) is 0 Å². The third-order valence-electron chi connectivity index (χ3n) is 1.11. The van der Waals surface area contributed by atoms with Crippen molar-refractivity contribution in [1.82, 2.24) is 0 Å². The summed E-state index contributed by atoms with van der Waals surface area (Å²) in [5.41, 5.74) is 0. The van der Waals surface area contributed by atoms with Gasteiger partial charge in [-0.3, -0.25) is 4.79 Å². The summed E-state index contributed by atoms with van der Waals surface area (Å²) in [7, 11) is 0. The second kappa shape index (κ2) is 5.93. The average molecular weight is 226 g/mol. The van der Waals surface area contributed by atoms with Crippen molar-refractivity contribution in [3.8, 4) is 0 Å². The number of unbranched alkanes of at least 4 members (excludes halogenated alkanes) is 1. The van der Waals surface area contributed by atoms with Gasteiger partial charge < -0.3 is 0 Å². The zero-order chi connectivity index (χ0) is 7.98. The Morgan fingerprint density at radius 1 is 1.80 bits per heavy atom. The summed E-state index contributed by atoms with van der Waals surface area (Å²) in [6, 6.07) is 0. The maximum absolute atomic E-state index is 10.4. The van der Waals surface area contributed by atoms with Crippen molar-refractivity contribution >= 4 is 32.8 Å². The zero-order valence-electron chi connectivity index (χ0n) is 5.65. The second-order valence-corrected chi connectivity index (χ2v) is 3.47. The lowest BCUT2D eigenvalue weighted by Crippen LogP contribution is -2.05. The molecule has 0 amide bonds. The van der Waals surface area contributed by atoms with Gasteiger partial charge in [0.2, 0.25) is 5.24 Å². The molecule has 0 aliphatic carbocycles. The van der Waals surface area contributed by atoms with Crippen molar-refractivity contribution in [1.29, 1.82) is 0 Å². The number of hydrogen-bond donors (Lipinski definition) is 0. The maximum Gasteiger partial charge on any atom is 0.235 e. The summed E-state index contributed by atoms with van der Waals surface area (Å²) >= 11 is 8.35. The Hall–Kier alpha value is 0.180. The number of hydrogen-bond acceptors (Lipinski definition) is 1. The van der Waals surface area contributed by atoms with Gasteiger partial charge in [0.15, 0.2) is 0 Å². The van der Waals surface area contributed by atoms with Crippen molar-refractivity contribution in [2.75, 3.05) is 0 Å². The van der Waals surface area contributed by atoms with Crippen LogP contribution in [0.5, 0.6) is 0 Å². The molecule has 0 fully saturated rings. The monoisotopic (exact) mass is 224 g/mol. The summed E-state index contributed by atoms with van der Waals surface area (Å²) in [4.78, 5) is 10.2. The quantitative estimate of drug-likeness (QED) is 0.304. The highest BCUT2D eigenvalue weighted by Crippen LogP contribution is 2.12. The van der Waals surface area contributed by atoms with Crippen LogP contribution in [-0.4, -0.2) is 10.1 Å². The Morgan fingerprint density at radius 2 is 2.40 bits per heavy atom. The number of rotatable bonds is 5. The first-order chi connectivity index (χ1) is 4.68. The molecule has 0 rings (SSSR count). The minimum atomic E-state index is -0.316. The highest BCUT2D eigenvalue weighted by atomic mass is 79.9. The van der Waals surface area contributed by atoms with Gasteiger partial charge >= 0.3 is 0 Å². The van der Waals surface area contributed by atoms with Crippen LogP contribution in [0.2, 0.25) is 0 Å². The number of halogens is 2. The molecular formula is C7H10BrClO. The number of allylic oxidation sites excluding steroid dienone is 1. The van der Waals surface area contributed by atoms with Crippen LogP contribution >= 0.6 is 27.5 Å². The van der Waals surface area contributed by atoms with Crippen LogP contribution < -0.4 is 0 Å². The normalized spacial score (nSPS) is 12.6. The molecule has 0 aromatic rings. The average Bonchev–Trinajstić information content (AvgIpc) is 1.88. The Labute approximate surface area is 74.6 Å². The first kappa shape index (κ1) is 10.2. The molecule has 10 heavy (non-hydrogen) atoms. The molecule has 0 spiro atoms. The second-order valence-electron chi connectivity index (χ2n) is 1.99. The molecule has 0 aliphatic heterocycles. The molecule has 0 bridgehead atoms. The molecule has 1 unspecified atom stereocenters. The van der Waals surface area contributed by atoms with Gasteiger partial charge in [0.25, 0.3) is 0 Å². The van der Waals surface area contributed by atoms with Crippen molar-refractivity contribution in [2.45, 2.75) is 24.1 Å². The van der Waals surface area contributed by atoms with E-state index >= 15 is 0 Å². The Morgan fingerprint density at radius 3 is 2.80 bits per heavy atom. The molecule has 58 valence electrons. The smallest absolute Gasteiger partial charge is 0.235 e. The summed E-state index contributed by atoms with van der Waals surface area (Å²) in [5.74, 6) is 0. The van der Waals surface area contributed by atoms with E-state index in [2.05, 4.69) is 22.5 Å². The fraction of sp³-hybridized carbons (Fsp3) is 0.571. The molecule has 0 N–H and O–H groups in total. The molecule has 0 aromatic heterocycles. The minimum absolute atomic E-state index is 0.186. The molecule has 0 saturated carbocycles. The lowest BCUT2D eigenvalue weighted by Gasteiger charge is -2.00. The zero-order valence-corrected chi connectivity index (χ0v) is 7.99. The molecule has 1 nitrogen and oxygen atoms in total. The van der Waals surface area contributed by atoms with Crippen LogP contribution in [0.1, 0.15) is 19.3 Å². The fourth-order valence-electron chi connectivity index (χ4n) is 0.555. The summed E-state index contributed by atoms with van der Waals surface area (Å²) in [6.45, 7) is 3.57. The molecule has 0 aromatic carbocycles. The van der Waals surface area contributed by atoms with E-state index in [1.54, 1.807) is 0 Å². The number of alkyl halides is 1. The van der Waals surface area contributed by atoms with Gasteiger partial charge in [0.05, 0.1) is 4.83 Å². The van der Waals surface area contributed by atoms with Crippen LogP contribution in [-0.2, 0) is 4.79 Å². The summed E-state index contributed by atoms with van der Waals surface area (Å²) < 4.78 is 0. The van der Waals surface area contributed by atoms with Crippen LogP contribution in [0.4, 0.5) is 0 Å². The van der Waals surface area contributed by atoms with Gasteiger partial charge in [-0.1, -0.05) is 22.0 Å². The SMILES string of the molecule is C=CCCCC(Br)C(=O)Cl.